The van der Waals surface area contributed by atoms with Crippen molar-refractivity contribution in [2.75, 3.05) is 0 Å². The summed E-state index contributed by atoms with van der Waals surface area (Å²) in [6, 6.07) is 8.21. The molecule has 0 aliphatic heterocycles. The topological polar surface area (TPSA) is 0 Å². The molecular weight excluding hydrogens is 204 g/mol. The Morgan fingerprint density at radius 1 is 0.933 bits per heavy atom. The van der Waals surface area contributed by atoms with Gasteiger partial charge in [0.2, 0.25) is 0 Å². The van der Waals surface area contributed by atoms with Crippen molar-refractivity contribution in [1.82, 2.24) is 0 Å². The van der Waals surface area contributed by atoms with Crippen molar-refractivity contribution in [3.05, 3.63) is 34.9 Å². The lowest BCUT2D eigenvalue weighted by Gasteiger charge is -2.33. The van der Waals surface area contributed by atoms with Gasteiger partial charge in [0.15, 0.2) is 0 Å². The molecule has 0 unspecified atom stereocenters. The van der Waals surface area contributed by atoms with Crippen LogP contribution in [0.3, 0.4) is 0 Å². The summed E-state index contributed by atoms with van der Waals surface area (Å²) in [7, 11) is 0. The summed E-state index contributed by atoms with van der Waals surface area (Å²) in [4.78, 5) is 0. The molecule has 0 bridgehead atoms. The summed E-state index contributed by atoms with van der Waals surface area (Å²) in [6.07, 6.45) is 1.17. The van der Waals surface area contributed by atoms with Gasteiger partial charge in [0.1, 0.15) is 0 Å². The Balaban J connectivity index is 2.90. The van der Waals surface area contributed by atoms with Gasteiger partial charge in [-0.1, -0.05) is 58.4 Å². The fraction of sp³-hybridized carbons (Fsp3) is 0.571. The fourth-order valence-corrected chi connectivity index (χ4v) is 2.45. The predicted molar refractivity (Wildman–Crippen MR) is 68.6 cm³/mol. The molecule has 0 nitrogen and oxygen atoms in total. The summed E-state index contributed by atoms with van der Waals surface area (Å²) in [5, 5.41) is 0.810. The lowest BCUT2D eigenvalue weighted by molar-refractivity contribution is 0.284. The first-order valence-electron chi connectivity index (χ1n) is 5.47. The van der Waals surface area contributed by atoms with Crippen LogP contribution < -0.4 is 0 Å². The Labute approximate surface area is 98.7 Å². The highest BCUT2D eigenvalue weighted by Gasteiger charge is 2.26. The van der Waals surface area contributed by atoms with E-state index in [0.29, 0.717) is 5.41 Å². The molecule has 0 atom stereocenters. The number of hydrogen-bond donors (Lipinski definition) is 0. The molecule has 0 aliphatic carbocycles. The zero-order valence-corrected chi connectivity index (χ0v) is 11.2. The first kappa shape index (κ1) is 12.6. The van der Waals surface area contributed by atoms with E-state index in [9.17, 15) is 0 Å². The van der Waals surface area contributed by atoms with Crippen molar-refractivity contribution in [3.8, 4) is 0 Å². The second-order valence-electron chi connectivity index (χ2n) is 6.13. The SMILES string of the molecule is CC(C)(C)CC(C)(C)c1ccc(Cl)cc1. The van der Waals surface area contributed by atoms with E-state index in [2.05, 4.69) is 46.8 Å². The number of rotatable bonds is 2. The molecule has 1 aromatic carbocycles. The Bertz CT molecular complexity index is 314. The summed E-state index contributed by atoms with van der Waals surface area (Å²) < 4.78 is 0. The van der Waals surface area contributed by atoms with Crippen LogP contribution in [0.1, 0.15) is 46.6 Å². The average molecular weight is 225 g/mol. The molecule has 0 radical (unpaired) electrons. The maximum Gasteiger partial charge on any atom is 0.0406 e. The quantitative estimate of drug-likeness (QED) is 0.659. The van der Waals surface area contributed by atoms with Crippen LogP contribution in [0, 0.1) is 5.41 Å². The minimum Gasteiger partial charge on any atom is -0.0843 e. The number of halogens is 1. The van der Waals surface area contributed by atoms with Crippen LogP contribution in [0.5, 0.6) is 0 Å². The highest BCUT2D eigenvalue weighted by molar-refractivity contribution is 6.30. The van der Waals surface area contributed by atoms with Crippen LogP contribution in [0.2, 0.25) is 5.02 Å². The molecule has 1 heteroatoms. The van der Waals surface area contributed by atoms with E-state index in [1.807, 2.05) is 12.1 Å². The average Bonchev–Trinajstić information content (AvgIpc) is 2.00. The van der Waals surface area contributed by atoms with E-state index < -0.39 is 0 Å². The highest BCUT2D eigenvalue weighted by Crippen LogP contribution is 2.36. The van der Waals surface area contributed by atoms with Gasteiger partial charge in [-0.25, -0.2) is 0 Å². The Morgan fingerprint density at radius 3 is 1.80 bits per heavy atom. The van der Waals surface area contributed by atoms with Crippen LogP contribution in [-0.4, -0.2) is 0 Å². The van der Waals surface area contributed by atoms with Crippen LogP contribution in [-0.2, 0) is 5.41 Å². The number of hydrogen-bond acceptors (Lipinski definition) is 0. The van der Waals surface area contributed by atoms with Crippen LogP contribution in [0.15, 0.2) is 24.3 Å². The highest BCUT2D eigenvalue weighted by atomic mass is 35.5. The molecule has 1 rings (SSSR count). The van der Waals surface area contributed by atoms with E-state index in [-0.39, 0.29) is 5.41 Å². The third-order valence-corrected chi connectivity index (χ3v) is 2.85. The Hall–Kier alpha value is -0.490. The van der Waals surface area contributed by atoms with Gasteiger partial charge < -0.3 is 0 Å². The van der Waals surface area contributed by atoms with E-state index in [4.69, 9.17) is 11.6 Å². The Morgan fingerprint density at radius 2 is 1.40 bits per heavy atom. The summed E-state index contributed by atoms with van der Waals surface area (Å²) in [5.41, 5.74) is 1.92. The van der Waals surface area contributed by atoms with Gasteiger partial charge in [-0.15, -0.1) is 0 Å². The normalized spacial score (nSPS) is 12.9. The smallest absolute Gasteiger partial charge is 0.0406 e. The van der Waals surface area contributed by atoms with Crippen molar-refractivity contribution >= 4 is 11.6 Å². The van der Waals surface area contributed by atoms with Gasteiger partial charge in [-0.05, 0) is 34.9 Å². The van der Waals surface area contributed by atoms with Crippen molar-refractivity contribution in [2.24, 2.45) is 5.41 Å². The Kier molecular flexibility index (Phi) is 3.50. The van der Waals surface area contributed by atoms with Crippen molar-refractivity contribution in [1.29, 1.82) is 0 Å². The molecule has 0 aromatic heterocycles. The van der Waals surface area contributed by atoms with E-state index in [0.717, 1.165) is 5.02 Å². The molecule has 0 fully saturated rings. The molecule has 15 heavy (non-hydrogen) atoms. The predicted octanol–water partition coefficient (Wildman–Crippen LogP) is 5.05. The third kappa shape index (κ3) is 3.87. The van der Waals surface area contributed by atoms with Gasteiger partial charge in [-0.3, -0.25) is 0 Å². The maximum atomic E-state index is 5.89. The second-order valence-corrected chi connectivity index (χ2v) is 6.56. The molecule has 0 heterocycles. The van der Waals surface area contributed by atoms with E-state index in [1.165, 1.54) is 12.0 Å². The minimum atomic E-state index is 0.211. The summed E-state index contributed by atoms with van der Waals surface area (Å²) in [5.74, 6) is 0. The van der Waals surface area contributed by atoms with Gasteiger partial charge in [-0.2, -0.15) is 0 Å². The molecule has 0 amide bonds. The largest absolute Gasteiger partial charge is 0.0843 e. The molecule has 0 aliphatic rings. The summed E-state index contributed by atoms with van der Waals surface area (Å²) in [6.45, 7) is 11.4. The third-order valence-electron chi connectivity index (χ3n) is 2.60. The van der Waals surface area contributed by atoms with Crippen molar-refractivity contribution in [2.45, 2.75) is 46.5 Å². The van der Waals surface area contributed by atoms with Gasteiger partial charge in [0.25, 0.3) is 0 Å². The standard InChI is InChI=1S/C14H21Cl/c1-13(2,3)10-14(4,5)11-6-8-12(15)9-7-11/h6-9H,10H2,1-5H3. The molecule has 84 valence electrons. The molecule has 0 saturated carbocycles. The van der Waals surface area contributed by atoms with Gasteiger partial charge in [0.05, 0.1) is 0 Å². The molecular formula is C14H21Cl. The van der Waals surface area contributed by atoms with Gasteiger partial charge >= 0.3 is 0 Å². The second kappa shape index (κ2) is 4.17. The van der Waals surface area contributed by atoms with E-state index >= 15 is 0 Å². The molecule has 0 spiro atoms. The monoisotopic (exact) mass is 224 g/mol. The van der Waals surface area contributed by atoms with E-state index in [1.54, 1.807) is 0 Å². The molecule has 1 aromatic rings. The van der Waals surface area contributed by atoms with Crippen molar-refractivity contribution in [3.63, 3.8) is 0 Å². The number of benzene rings is 1. The zero-order chi connectivity index (χ0) is 11.7. The maximum absolute atomic E-state index is 5.89. The van der Waals surface area contributed by atoms with Crippen LogP contribution in [0.4, 0.5) is 0 Å². The minimum absolute atomic E-state index is 0.211. The summed E-state index contributed by atoms with van der Waals surface area (Å²) >= 11 is 5.89. The lowest BCUT2D eigenvalue weighted by Crippen LogP contribution is -2.24. The van der Waals surface area contributed by atoms with Crippen molar-refractivity contribution < 1.29 is 0 Å². The lowest BCUT2D eigenvalue weighted by atomic mass is 9.72. The van der Waals surface area contributed by atoms with Crippen LogP contribution >= 0.6 is 11.6 Å². The first-order valence-corrected chi connectivity index (χ1v) is 5.85. The first-order chi connectivity index (χ1) is 6.71. The van der Waals surface area contributed by atoms with Gasteiger partial charge in [0, 0.05) is 5.02 Å². The molecule has 0 saturated heterocycles. The van der Waals surface area contributed by atoms with Crippen LogP contribution in [0.25, 0.3) is 0 Å². The zero-order valence-electron chi connectivity index (χ0n) is 10.4. The fourth-order valence-electron chi connectivity index (χ4n) is 2.33. The molecule has 0 N–H and O–H groups in total.